The molecule has 1 aromatic rings. The average molecular weight is 262 g/mol. The molecular formula is C14H18N2O3. The van der Waals surface area contributed by atoms with E-state index in [0.717, 1.165) is 5.56 Å². The van der Waals surface area contributed by atoms with E-state index in [2.05, 4.69) is 5.32 Å². The maximum atomic E-state index is 12.3. The van der Waals surface area contributed by atoms with Crippen LogP contribution in [0.5, 0.6) is 0 Å². The van der Waals surface area contributed by atoms with Crippen LogP contribution in [0.1, 0.15) is 18.4 Å². The fourth-order valence-electron chi connectivity index (χ4n) is 2.21. The first kappa shape index (κ1) is 13.5. The average Bonchev–Trinajstić information content (AvgIpc) is 2.85. The Kier molecular flexibility index (Phi) is 4.52. The first-order chi connectivity index (χ1) is 9.20. The summed E-state index contributed by atoms with van der Waals surface area (Å²) in [6.45, 7) is 0.645. The molecule has 0 radical (unpaired) electrons. The number of nitrogens with zero attached hydrogens (tertiary/aromatic N) is 1. The van der Waals surface area contributed by atoms with Crippen molar-refractivity contribution in [1.29, 1.82) is 0 Å². The molecule has 0 aromatic heterocycles. The molecule has 1 fully saturated rings. The molecule has 5 nitrogen and oxygen atoms in total. The molecule has 1 aliphatic rings. The smallest absolute Gasteiger partial charge is 0.245 e. The maximum absolute atomic E-state index is 12.3. The molecule has 0 bridgehead atoms. The molecule has 0 saturated carbocycles. The van der Waals surface area contributed by atoms with E-state index >= 15 is 0 Å². The second kappa shape index (κ2) is 6.33. The van der Waals surface area contributed by atoms with Gasteiger partial charge in [-0.25, -0.2) is 0 Å². The van der Waals surface area contributed by atoms with E-state index in [1.165, 1.54) is 0 Å². The third-order valence-electron chi connectivity index (χ3n) is 3.19. The molecule has 2 N–H and O–H groups in total. The highest BCUT2D eigenvalue weighted by atomic mass is 16.3. The van der Waals surface area contributed by atoms with Gasteiger partial charge in [-0.3, -0.25) is 9.59 Å². The number of amides is 2. The highest BCUT2D eigenvalue weighted by Gasteiger charge is 2.30. The minimum absolute atomic E-state index is 0.0815. The highest BCUT2D eigenvalue weighted by molar-refractivity contribution is 5.90. The number of carbonyl (C=O) groups is 2. The van der Waals surface area contributed by atoms with Crippen LogP contribution < -0.4 is 5.32 Å². The molecular weight excluding hydrogens is 244 g/mol. The molecule has 2 amide bonds. The third-order valence-corrected chi connectivity index (χ3v) is 3.19. The normalized spacial score (nSPS) is 18.2. The summed E-state index contributed by atoms with van der Waals surface area (Å²) in [5.41, 5.74) is 1.01. The predicted molar refractivity (Wildman–Crippen MR) is 70.1 cm³/mol. The van der Waals surface area contributed by atoms with Crippen molar-refractivity contribution in [3.8, 4) is 0 Å². The predicted octanol–water partition coefficient (Wildman–Crippen LogP) is 0.286. The highest BCUT2D eigenvalue weighted by Crippen LogP contribution is 2.12. The molecule has 0 aliphatic carbocycles. The number of carbonyl (C=O) groups excluding carboxylic acids is 2. The van der Waals surface area contributed by atoms with Gasteiger partial charge in [0.25, 0.3) is 0 Å². The Hall–Kier alpha value is -1.88. The molecule has 1 heterocycles. The lowest BCUT2D eigenvalue weighted by Gasteiger charge is -2.25. The van der Waals surface area contributed by atoms with Crippen molar-refractivity contribution < 1.29 is 14.7 Å². The van der Waals surface area contributed by atoms with Crippen molar-refractivity contribution in [3.63, 3.8) is 0 Å². The topological polar surface area (TPSA) is 69.6 Å². The minimum atomic E-state index is -0.442. The number of benzene rings is 1. The fraction of sp³-hybridized carbons (Fsp3) is 0.429. The van der Waals surface area contributed by atoms with Crippen molar-refractivity contribution >= 4 is 11.8 Å². The van der Waals surface area contributed by atoms with Crippen LogP contribution in [0, 0.1) is 0 Å². The number of rotatable bonds is 5. The number of hydrogen-bond donors (Lipinski definition) is 2. The van der Waals surface area contributed by atoms with Gasteiger partial charge in [0.05, 0.1) is 6.61 Å². The van der Waals surface area contributed by atoms with Gasteiger partial charge in [0.15, 0.2) is 0 Å². The molecule has 1 saturated heterocycles. The van der Waals surface area contributed by atoms with Crippen molar-refractivity contribution in [3.05, 3.63) is 35.9 Å². The van der Waals surface area contributed by atoms with Gasteiger partial charge >= 0.3 is 0 Å². The van der Waals surface area contributed by atoms with Gasteiger partial charge in [0, 0.05) is 19.5 Å². The van der Waals surface area contributed by atoms with Crippen LogP contribution in [0.25, 0.3) is 0 Å². The van der Waals surface area contributed by atoms with Gasteiger partial charge in [-0.05, 0) is 12.0 Å². The quantitative estimate of drug-likeness (QED) is 0.801. The fourth-order valence-corrected chi connectivity index (χ4v) is 2.21. The van der Waals surface area contributed by atoms with Gasteiger partial charge in [-0.2, -0.15) is 0 Å². The van der Waals surface area contributed by atoms with Crippen molar-refractivity contribution in [1.82, 2.24) is 10.2 Å². The number of aliphatic hydroxyl groups is 1. The number of aliphatic hydroxyl groups excluding tert-OH is 1. The Morgan fingerprint density at radius 3 is 2.68 bits per heavy atom. The standard InChI is InChI=1S/C14H18N2O3/c17-9-8-16(10-11-4-2-1-3-5-11)14(19)12-6-7-13(18)15-12/h1-5,12,17H,6-10H2,(H,15,18)/t12-/m1/s1. The van der Waals surface area contributed by atoms with E-state index in [4.69, 9.17) is 5.11 Å². The van der Waals surface area contributed by atoms with Gasteiger partial charge in [0.1, 0.15) is 6.04 Å². The van der Waals surface area contributed by atoms with Crippen LogP contribution in [0.15, 0.2) is 30.3 Å². The summed E-state index contributed by atoms with van der Waals surface area (Å²) in [5.74, 6) is -0.203. The Morgan fingerprint density at radius 2 is 2.11 bits per heavy atom. The van der Waals surface area contributed by atoms with Crippen LogP contribution in [0.2, 0.25) is 0 Å². The summed E-state index contributed by atoms with van der Waals surface area (Å²) < 4.78 is 0. The Balaban J connectivity index is 2.02. The maximum Gasteiger partial charge on any atom is 0.245 e. The lowest BCUT2D eigenvalue weighted by molar-refractivity contribution is -0.135. The number of hydrogen-bond acceptors (Lipinski definition) is 3. The molecule has 0 unspecified atom stereocenters. The zero-order valence-electron chi connectivity index (χ0n) is 10.7. The van der Waals surface area contributed by atoms with Crippen LogP contribution >= 0.6 is 0 Å². The number of nitrogens with one attached hydrogen (secondary N) is 1. The summed E-state index contributed by atoms with van der Waals surface area (Å²) in [7, 11) is 0. The van der Waals surface area contributed by atoms with E-state index < -0.39 is 6.04 Å². The Labute approximate surface area is 112 Å². The molecule has 5 heteroatoms. The van der Waals surface area contributed by atoms with Crippen LogP contribution in [-0.2, 0) is 16.1 Å². The summed E-state index contributed by atoms with van der Waals surface area (Å²) in [5, 5.41) is 11.7. The molecule has 102 valence electrons. The molecule has 2 rings (SSSR count). The zero-order chi connectivity index (χ0) is 13.7. The SMILES string of the molecule is O=C1CC[C@H](C(=O)N(CCO)Cc2ccccc2)N1. The van der Waals surface area contributed by atoms with E-state index in [1.54, 1.807) is 4.90 Å². The van der Waals surface area contributed by atoms with E-state index in [9.17, 15) is 9.59 Å². The van der Waals surface area contributed by atoms with Gasteiger partial charge in [-0.1, -0.05) is 30.3 Å². The van der Waals surface area contributed by atoms with Crippen LogP contribution in [0.4, 0.5) is 0 Å². The second-order valence-corrected chi connectivity index (χ2v) is 4.63. The van der Waals surface area contributed by atoms with E-state index in [0.29, 0.717) is 19.4 Å². The van der Waals surface area contributed by atoms with E-state index in [1.807, 2.05) is 30.3 Å². The van der Waals surface area contributed by atoms with Crippen LogP contribution in [0.3, 0.4) is 0 Å². The summed E-state index contributed by atoms with van der Waals surface area (Å²) >= 11 is 0. The van der Waals surface area contributed by atoms with Gasteiger partial charge in [-0.15, -0.1) is 0 Å². The molecule has 0 spiro atoms. The first-order valence-corrected chi connectivity index (χ1v) is 6.43. The Bertz CT molecular complexity index is 447. The molecule has 1 atom stereocenters. The summed E-state index contributed by atoms with van der Waals surface area (Å²) in [6.07, 6.45) is 0.934. The van der Waals surface area contributed by atoms with Crippen molar-refractivity contribution in [2.75, 3.05) is 13.2 Å². The summed E-state index contributed by atoms with van der Waals surface area (Å²) in [6, 6.07) is 9.17. The van der Waals surface area contributed by atoms with Crippen LogP contribution in [-0.4, -0.2) is 41.0 Å². The monoisotopic (exact) mass is 262 g/mol. The van der Waals surface area contributed by atoms with Crippen molar-refractivity contribution in [2.45, 2.75) is 25.4 Å². The van der Waals surface area contributed by atoms with E-state index in [-0.39, 0.29) is 25.0 Å². The lowest BCUT2D eigenvalue weighted by atomic mass is 10.1. The summed E-state index contributed by atoms with van der Waals surface area (Å²) in [4.78, 5) is 25.0. The largest absolute Gasteiger partial charge is 0.395 e. The minimum Gasteiger partial charge on any atom is -0.395 e. The third kappa shape index (κ3) is 3.54. The zero-order valence-corrected chi connectivity index (χ0v) is 10.7. The van der Waals surface area contributed by atoms with Gasteiger partial charge in [0.2, 0.25) is 11.8 Å². The molecule has 1 aliphatic heterocycles. The van der Waals surface area contributed by atoms with Crippen molar-refractivity contribution in [2.24, 2.45) is 0 Å². The first-order valence-electron chi connectivity index (χ1n) is 6.43. The molecule has 1 aromatic carbocycles. The second-order valence-electron chi connectivity index (χ2n) is 4.63. The lowest BCUT2D eigenvalue weighted by Crippen LogP contribution is -2.45. The molecule has 19 heavy (non-hydrogen) atoms. The Morgan fingerprint density at radius 1 is 1.37 bits per heavy atom. The van der Waals surface area contributed by atoms with Gasteiger partial charge < -0.3 is 15.3 Å².